The van der Waals surface area contributed by atoms with Gasteiger partial charge in [0.15, 0.2) is 5.71 Å². The maximum atomic E-state index is 12.8. The second-order valence-electron chi connectivity index (χ2n) is 6.53. The number of rotatable bonds is 8. The zero-order valence-electron chi connectivity index (χ0n) is 16.7. The van der Waals surface area contributed by atoms with Crippen molar-refractivity contribution in [3.63, 3.8) is 0 Å². The number of β-lactam (4-membered cyclic amide) rings is 1. The Hall–Kier alpha value is -2.61. The van der Waals surface area contributed by atoms with E-state index < -0.39 is 46.0 Å². The van der Waals surface area contributed by atoms with Crippen LogP contribution in [0.2, 0.25) is 0 Å². The van der Waals surface area contributed by atoms with Gasteiger partial charge in [0, 0.05) is 18.2 Å². The number of nitrogens with one attached hydrogen (secondary N) is 1. The first-order valence-electron chi connectivity index (χ1n) is 9.07. The summed E-state index contributed by atoms with van der Waals surface area (Å²) < 4.78 is 4.88. The SMILES string of the molecule is CC(=O)OCC1=C(C(=O)O)N2C(=O)[C@@H](NC(=O)C(=NOC(=O)C(Cl)Cl)c3cccs3)[C@H]2SC1. The summed E-state index contributed by atoms with van der Waals surface area (Å²) in [6.07, 6.45) is 0. The number of alkyl halides is 2. The molecule has 0 aromatic carbocycles. The van der Waals surface area contributed by atoms with Crippen LogP contribution in [0.3, 0.4) is 0 Å². The largest absolute Gasteiger partial charge is 0.477 e. The molecule has 0 aliphatic carbocycles. The van der Waals surface area contributed by atoms with Crippen LogP contribution in [0.15, 0.2) is 33.9 Å². The second kappa shape index (κ2) is 10.5. The first-order chi connectivity index (χ1) is 15.6. The topological polar surface area (TPSA) is 152 Å². The molecule has 2 atom stereocenters. The molecule has 0 bridgehead atoms. The van der Waals surface area contributed by atoms with E-state index in [1.165, 1.54) is 18.7 Å². The van der Waals surface area contributed by atoms with E-state index in [4.69, 9.17) is 27.9 Å². The van der Waals surface area contributed by atoms with Crippen molar-refractivity contribution in [1.82, 2.24) is 10.2 Å². The lowest BCUT2D eigenvalue weighted by Crippen LogP contribution is -2.71. The minimum Gasteiger partial charge on any atom is -0.477 e. The van der Waals surface area contributed by atoms with E-state index in [9.17, 15) is 29.1 Å². The van der Waals surface area contributed by atoms with Crippen LogP contribution in [0.1, 0.15) is 11.8 Å². The normalized spacial score (nSPS) is 20.2. The number of ether oxygens (including phenoxy) is 1. The number of carboxylic acids is 1. The summed E-state index contributed by atoms with van der Waals surface area (Å²) in [4.78, 5) is 64.4. The lowest BCUT2D eigenvalue weighted by molar-refractivity contribution is -0.150. The van der Waals surface area contributed by atoms with Gasteiger partial charge in [-0.1, -0.05) is 34.4 Å². The molecule has 2 N–H and O–H groups in total. The zero-order valence-corrected chi connectivity index (χ0v) is 19.8. The Kier molecular flexibility index (Phi) is 8.00. The number of carbonyl (C=O) groups is 5. The quantitative estimate of drug-likeness (QED) is 0.124. The number of hydrogen-bond acceptors (Lipinski definition) is 10. The number of carboxylic acid groups (broad SMARTS) is 1. The van der Waals surface area contributed by atoms with Crippen molar-refractivity contribution in [2.45, 2.75) is 23.2 Å². The number of halogens is 2. The van der Waals surface area contributed by atoms with Crippen molar-refractivity contribution >= 4 is 81.7 Å². The van der Waals surface area contributed by atoms with E-state index >= 15 is 0 Å². The molecule has 2 aliphatic rings. The molecule has 2 aliphatic heterocycles. The molecule has 11 nitrogen and oxygen atoms in total. The molecule has 1 fully saturated rings. The number of carbonyl (C=O) groups excluding carboxylic acids is 4. The zero-order chi connectivity index (χ0) is 24.3. The third kappa shape index (κ3) is 5.49. The highest BCUT2D eigenvalue weighted by molar-refractivity contribution is 8.00. The van der Waals surface area contributed by atoms with Crippen LogP contribution >= 0.6 is 46.3 Å². The van der Waals surface area contributed by atoms with Gasteiger partial charge < -0.3 is 20.0 Å². The molecule has 1 aromatic heterocycles. The van der Waals surface area contributed by atoms with Crippen molar-refractivity contribution in [2.75, 3.05) is 12.4 Å². The van der Waals surface area contributed by atoms with E-state index in [1.54, 1.807) is 17.5 Å². The highest BCUT2D eigenvalue weighted by Crippen LogP contribution is 2.40. The fourth-order valence-electron chi connectivity index (χ4n) is 2.93. The summed E-state index contributed by atoms with van der Waals surface area (Å²) in [5.41, 5.74) is -0.308. The van der Waals surface area contributed by atoms with Crippen LogP contribution in [-0.2, 0) is 33.5 Å². The van der Waals surface area contributed by atoms with Crippen molar-refractivity contribution in [1.29, 1.82) is 0 Å². The van der Waals surface area contributed by atoms with Crippen LogP contribution in [-0.4, -0.2) is 74.1 Å². The number of aliphatic carboxylic acids is 1. The molecule has 1 saturated heterocycles. The van der Waals surface area contributed by atoms with Gasteiger partial charge in [-0.05, 0) is 11.4 Å². The molecular weight excluding hydrogens is 521 g/mol. The molecule has 0 saturated carbocycles. The predicted octanol–water partition coefficient (Wildman–Crippen LogP) is 1.10. The second-order valence-corrected chi connectivity index (χ2v) is 9.68. The third-order valence-electron chi connectivity index (χ3n) is 4.36. The molecule has 15 heteroatoms. The molecule has 0 unspecified atom stereocenters. The molecule has 176 valence electrons. The number of hydrogen-bond donors (Lipinski definition) is 2. The van der Waals surface area contributed by atoms with Crippen molar-refractivity contribution in [3.8, 4) is 0 Å². The monoisotopic (exact) mass is 535 g/mol. The average Bonchev–Trinajstić information content (AvgIpc) is 3.29. The molecule has 1 aromatic rings. The highest BCUT2D eigenvalue weighted by Gasteiger charge is 2.54. The van der Waals surface area contributed by atoms with Gasteiger partial charge in [-0.2, -0.15) is 0 Å². The Balaban J connectivity index is 1.78. The number of thiophene rings is 1. The van der Waals surface area contributed by atoms with E-state index in [-0.39, 0.29) is 29.3 Å². The summed E-state index contributed by atoms with van der Waals surface area (Å²) in [5, 5.41) is 16.6. The fraction of sp³-hybridized carbons (Fsp3) is 0.333. The number of amides is 2. The van der Waals surface area contributed by atoms with E-state index in [1.807, 2.05) is 0 Å². The van der Waals surface area contributed by atoms with Crippen LogP contribution < -0.4 is 5.32 Å². The van der Waals surface area contributed by atoms with Crippen LogP contribution in [0.25, 0.3) is 0 Å². The number of nitrogens with zero attached hydrogens (tertiary/aromatic N) is 2. The minimum absolute atomic E-state index is 0.173. The van der Waals surface area contributed by atoms with Gasteiger partial charge in [-0.15, -0.1) is 23.1 Å². The van der Waals surface area contributed by atoms with Gasteiger partial charge in [-0.25, -0.2) is 9.59 Å². The fourth-order valence-corrected chi connectivity index (χ4v) is 5.04. The predicted molar refractivity (Wildman–Crippen MR) is 119 cm³/mol. The van der Waals surface area contributed by atoms with Gasteiger partial charge in [0.05, 0.1) is 4.88 Å². The minimum atomic E-state index is -1.51. The Morgan fingerprint density at radius 1 is 1.36 bits per heavy atom. The van der Waals surface area contributed by atoms with Crippen molar-refractivity contribution in [3.05, 3.63) is 33.7 Å². The van der Waals surface area contributed by atoms with Crippen molar-refractivity contribution in [2.24, 2.45) is 5.16 Å². The van der Waals surface area contributed by atoms with E-state index in [0.29, 0.717) is 4.88 Å². The van der Waals surface area contributed by atoms with Crippen LogP contribution in [0.5, 0.6) is 0 Å². The van der Waals surface area contributed by atoms with Crippen molar-refractivity contribution < 1.29 is 38.7 Å². The average molecular weight is 536 g/mol. The highest BCUT2D eigenvalue weighted by atomic mass is 35.5. The lowest BCUT2D eigenvalue weighted by Gasteiger charge is -2.49. The Labute approximate surface area is 204 Å². The molecule has 3 rings (SSSR count). The number of esters is 1. The Morgan fingerprint density at radius 3 is 2.67 bits per heavy atom. The van der Waals surface area contributed by atoms with Gasteiger partial charge in [0.1, 0.15) is 23.7 Å². The Morgan fingerprint density at radius 2 is 2.09 bits per heavy atom. The number of oxime groups is 1. The summed E-state index contributed by atoms with van der Waals surface area (Å²) in [6.45, 7) is 0.921. The van der Waals surface area contributed by atoms with Gasteiger partial charge in [0.2, 0.25) is 4.84 Å². The standard InChI is InChI=1S/C18H15Cl2N3O8S2/c1-7(24)30-5-8-6-33-16-11(15(26)23(16)12(8)17(27)28)21-14(25)10(9-3-2-4-32-9)22-31-18(29)13(19)20/h2-4,11,13,16H,5-6H2,1H3,(H,21,25)(H,27,28)/t11-,16-/m1/s1. The number of fused-ring (bicyclic) bond motifs is 1. The first-order valence-corrected chi connectivity index (χ1v) is 11.9. The molecule has 33 heavy (non-hydrogen) atoms. The molecule has 2 amide bonds. The van der Waals surface area contributed by atoms with Crippen LogP contribution in [0.4, 0.5) is 0 Å². The summed E-state index contributed by atoms with van der Waals surface area (Å²) in [6, 6.07) is 2.13. The third-order valence-corrected chi connectivity index (χ3v) is 6.93. The number of thioether (sulfide) groups is 1. The lowest BCUT2D eigenvalue weighted by atomic mass is 10.0. The molecule has 3 heterocycles. The molecular formula is C18H15Cl2N3O8S2. The Bertz CT molecular complexity index is 1060. The summed E-state index contributed by atoms with van der Waals surface area (Å²) in [7, 11) is 0. The van der Waals surface area contributed by atoms with E-state index in [0.717, 1.165) is 16.2 Å². The van der Waals surface area contributed by atoms with Gasteiger partial charge in [-0.3, -0.25) is 19.3 Å². The first kappa shape index (κ1) is 25.0. The smallest absolute Gasteiger partial charge is 0.367 e. The van der Waals surface area contributed by atoms with E-state index in [2.05, 4.69) is 15.3 Å². The van der Waals surface area contributed by atoms with Gasteiger partial charge >= 0.3 is 17.9 Å². The molecule has 0 spiro atoms. The summed E-state index contributed by atoms with van der Waals surface area (Å²) in [5.74, 6) is -4.35. The maximum Gasteiger partial charge on any atom is 0.367 e. The summed E-state index contributed by atoms with van der Waals surface area (Å²) >= 11 is 13.1. The molecule has 0 radical (unpaired) electrons. The maximum absolute atomic E-state index is 12.8. The van der Waals surface area contributed by atoms with Crippen LogP contribution in [0, 0.1) is 0 Å². The van der Waals surface area contributed by atoms with Gasteiger partial charge in [0.25, 0.3) is 11.8 Å².